The van der Waals surface area contributed by atoms with Crippen LogP contribution in [0.1, 0.15) is 5.76 Å². The Morgan fingerprint density at radius 2 is 0.831 bits per heavy atom. The largest absolute Gasteiger partial charge is 0.456 e. The van der Waals surface area contributed by atoms with Crippen LogP contribution in [0.15, 0.2) is 217 Å². The first kappa shape index (κ1) is 35.5. The fraction of sp³-hybridized carbons (Fsp3) is 0. The van der Waals surface area contributed by atoms with Crippen LogP contribution in [0.3, 0.4) is 0 Å². The lowest BCUT2D eigenvalue weighted by molar-refractivity contribution is 0.605. The molecule has 0 N–H and O–H groups in total. The third kappa shape index (κ3) is 7.05. The summed E-state index contributed by atoms with van der Waals surface area (Å²) in [6, 6.07) is 67.6. The molecule has 0 aliphatic carbocycles. The fourth-order valence-electron chi connectivity index (χ4n) is 7.76. The van der Waals surface area contributed by atoms with Gasteiger partial charge in [0.05, 0.1) is 5.56 Å². The Kier molecular flexibility index (Phi) is 9.34. The average Bonchev–Trinajstić information content (AvgIpc) is 3.70. The summed E-state index contributed by atoms with van der Waals surface area (Å²) in [5.41, 5.74) is 12.4. The molecule has 10 aromatic rings. The third-order valence-corrected chi connectivity index (χ3v) is 10.7. The van der Waals surface area contributed by atoms with E-state index in [2.05, 4.69) is 146 Å². The van der Waals surface area contributed by atoms with Crippen LogP contribution in [0.5, 0.6) is 0 Å². The van der Waals surface area contributed by atoms with Crippen molar-refractivity contribution in [2.24, 2.45) is 0 Å². The molecule has 0 aliphatic heterocycles. The van der Waals surface area contributed by atoms with Gasteiger partial charge in [0.25, 0.3) is 0 Å². The smallest absolute Gasteiger partial charge is 0.168 e. The number of benzene rings is 8. The second-order valence-electron chi connectivity index (χ2n) is 14.5. The van der Waals surface area contributed by atoms with E-state index in [1.165, 1.54) is 27.6 Å². The van der Waals surface area contributed by atoms with E-state index in [0.29, 0.717) is 23.2 Å². The SMILES string of the molecule is C=C/C=C\c1oc2cccc(-c3ccc4cc(-c5ccccc5)ccc4c3)c2c1-c1nc(-c2ccccc2)nc(-c2ccc(-c3ccc(-c4ccccc4)cc3)cc2)n1. The lowest BCUT2D eigenvalue weighted by Crippen LogP contribution is -2.01. The monoisotopic (exact) mass is 755 g/mol. The van der Waals surface area contributed by atoms with Crippen molar-refractivity contribution >= 4 is 27.8 Å². The summed E-state index contributed by atoms with van der Waals surface area (Å²) in [6.45, 7) is 3.94. The lowest BCUT2D eigenvalue weighted by Gasteiger charge is -2.11. The predicted octanol–water partition coefficient (Wildman–Crippen LogP) is 14.6. The molecule has 0 saturated carbocycles. The minimum atomic E-state index is 0.526. The van der Waals surface area contributed by atoms with Crippen molar-refractivity contribution in [2.75, 3.05) is 0 Å². The highest BCUT2D eigenvalue weighted by Crippen LogP contribution is 2.42. The first-order chi connectivity index (χ1) is 29.2. The van der Waals surface area contributed by atoms with Gasteiger partial charge in [0.2, 0.25) is 0 Å². The summed E-state index contributed by atoms with van der Waals surface area (Å²) >= 11 is 0. The number of nitrogens with zero attached hydrogens (tertiary/aromatic N) is 3. The molecule has 2 heterocycles. The van der Waals surface area contributed by atoms with Crippen molar-refractivity contribution in [3.8, 4) is 78.7 Å². The van der Waals surface area contributed by atoms with E-state index in [1.54, 1.807) is 6.08 Å². The lowest BCUT2D eigenvalue weighted by atomic mass is 9.94. The standard InChI is InChI=1S/C55H37N3O/c1-2-3-21-50-52(51-48(20-13-22-49(51)59-50)47-34-33-45-35-44(31-32-46(45)36-47)38-16-9-5-10-17-38)55-57-53(42-18-11-6-12-19-42)56-54(58-55)43-29-27-41(28-30-43)40-25-23-39(24-26-40)37-14-7-4-8-15-37/h2-36H,1H2/b21-3-. The minimum Gasteiger partial charge on any atom is -0.456 e. The first-order valence-electron chi connectivity index (χ1n) is 19.7. The molecule has 0 bridgehead atoms. The van der Waals surface area contributed by atoms with Crippen molar-refractivity contribution < 1.29 is 4.42 Å². The van der Waals surface area contributed by atoms with E-state index >= 15 is 0 Å². The molecule has 278 valence electrons. The Bertz CT molecular complexity index is 3130. The quantitative estimate of drug-likeness (QED) is 0.138. The molecule has 10 rings (SSSR count). The number of hydrogen-bond acceptors (Lipinski definition) is 4. The Hall–Kier alpha value is -7.95. The second kappa shape index (κ2) is 15.5. The normalized spacial score (nSPS) is 11.4. The number of rotatable bonds is 9. The van der Waals surface area contributed by atoms with Crippen molar-refractivity contribution in [1.82, 2.24) is 15.0 Å². The molecule has 59 heavy (non-hydrogen) atoms. The van der Waals surface area contributed by atoms with E-state index in [1.807, 2.05) is 66.7 Å². The number of allylic oxidation sites excluding steroid dienone is 2. The maximum Gasteiger partial charge on any atom is 0.168 e. The second-order valence-corrected chi connectivity index (χ2v) is 14.5. The summed E-state index contributed by atoms with van der Waals surface area (Å²) in [7, 11) is 0. The molecule has 4 heteroatoms. The molecule has 0 saturated heterocycles. The summed E-state index contributed by atoms with van der Waals surface area (Å²) in [4.78, 5) is 15.4. The Morgan fingerprint density at radius 3 is 1.41 bits per heavy atom. The van der Waals surface area contributed by atoms with Crippen LogP contribution in [-0.2, 0) is 0 Å². The van der Waals surface area contributed by atoms with Crippen molar-refractivity contribution in [2.45, 2.75) is 0 Å². The predicted molar refractivity (Wildman–Crippen MR) is 244 cm³/mol. The van der Waals surface area contributed by atoms with Gasteiger partial charge in [-0.15, -0.1) is 0 Å². The van der Waals surface area contributed by atoms with E-state index in [4.69, 9.17) is 19.4 Å². The molecular formula is C55H37N3O. The van der Waals surface area contributed by atoms with E-state index < -0.39 is 0 Å². The van der Waals surface area contributed by atoms with E-state index in [0.717, 1.165) is 55.3 Å². The first-order valence-corrected chi connectivity index (χ1v) is 19.7. The van der Waals surface area contributed by atoms with Crippen LogP contribution in [0, 0.1) is 0 Å². The molecule has 0 atom stereocenters. The molecular weight excluding hydrogens is 719 g/mol. The number of aromatic nitrogens is 3. The number of fused-ring (bicyclic) bond motifs is 2. The third-order valence-electron chi connectivity index (χ3n) is 10.7. The van der Waals surface area contributed by atoms with Gasteiger partial charge in [-0.2, -0.15) is 0 Å². The molecule has 0 spiro atoms. The van der Waals surface area contributed by atoms with Crippen LogP contribution < -0.4 is 0 Å². The van der Waals surface area contributed by atoms with Crippen LogP contribution >= 0.6 is 0 Å². The zero-order valence-corrected chi connectivity index (χ0v) is 32.2. The van der Waals surface area contributed by atoms with Gasteiger partial charge in [0, 0.05) is 16.5 Å². The molecule has 8 aromatic carbocycles. The van der Waals surface area contributed by atoms with E-state index in [-0.39, 0.29) is 0 Å². The maximum absolute atomic E-state index is 6.63. The van der Waals surface area contributed by atoms with Gasteiger partial charge >= 0.3 is 0 Å². The zero-order chi connectivity index (χ0) is 39.5. The summed E-state index contributed by atoms with van der Waals surface area (Å²) in [5, 5.41) is 3.26. The van der Waals surface area contributed by atoms with E-state index in [9.17, 15) is 0 Å². The number of furan rings is 1. The minimum absolute atomic E-state index is 0.526. The van der Waals surface area contributed by atoms with Gasteiger partial charge in [-0.3, -0.25) is 0 Å². The van der Waals surface area contributed by atoms with Gasteiger partial charge in [-0.1, -0.05) is 195 Å². The highest BCUT2D eigenvalue weighted by molar-refractivity contribution is 6.07. The van der Waals surface area contributed by atoms with Crippen molar-refractivity contribution in [3.63, 3.8) is 0 Å². The molecule has 0 radical (unpaired) electrons. The van der Waals surface area contributed by atoms with Gasteiger partial charge in [0.1, 0.15) is 11.3 Å². The van der Waals surface area contributed by atoms with Crippen LogP contribution in [0.25, 0.3) is 106 Å². The van der Waals surface area contributed by atoms with Gasteiger partial charge in [-0.05, 0) is 79.6 Å². The average molecular weight is 756 g/mol. The molecule has 0 amide bonds. The molecule has 0 fully saturated rings. The molecule has 2 aromatic heterocycles. The van der Waals surface area contributed by atoms with Crippen molar-refractivity contribution in [3.05, 3.63) is 219 Å². The zero-order valence-electron chi connectivity index (χ0n) is 32.2. The van der Waals surface area contributed by atoms with Gasteiger partial charge in [0.15, 0.2) is 17.5 Å². The molecule has 0 unspecified atom stereocenters. The highest BCUT2D eigenvalue weighted by Gasteiger charge is 2.23. The van der Waals surface area contributed by atoms with Crippen LogP contribution in [0.2, 0.25) is 0 Å². The molecule has 0 aliphatic rings. The highest BCUT2D eigenvalue weighted by atomic mass is 16.3. The Balaban J connectivity index is 1.09. The summed E-state index contributed by atoms with van der Waals surface area (Å²) in [6.07, 6.45) is 5.56. The van der Waals surface area contributed by atoms with Gasteiger partial charge in [-0.25, -0.2) is 15.0 Å². The van der Waals surface area contributed by atoms with Gasteiger partial charge < -0.3 is 4.42 Å². The number of hydrogen-bond donors (Lipinski definition) is 0. The topological polar surface area (TPSA) is 51.8 Å². The summed E-state index contributed by atoms with van der Waals surface area (Å²) < 4.78 is 6.63. The van der Waals surface area contributed by atoms with Crippen LogP contribution in [0.4, 0.5) is 0 Å². The summed E-state index contributed by atoms with van der Waals surface area (Å²) in [5.74, 6) is 2.32. The van der Waals surface area contributed by atoms with Crippen LogP contribution in [-0.4, -0.2) is 15.0 Å². The fourth-order valence-corrected chi connectivity index (χ4v) is 7.76. The maximum atomic E-state index is 6.63. The molecule has 4 nitrogen and oxygen atoms in total. The Labute approximate surface area is 343 Å². The van der Waals surface area contributed by atoms with Crippen molar-refractivity contribution in [1.29, 1.82) is 0 Å². The Morgan fingerprint density at radius 1 is 0.390 bits per heavy atom.